The summed E-state index contributed by atoms with van der Waals surface area (Å²) < 4.78 is 14.2. The van der Waals surface area contributed by atoms with E-state index >= 15 is 0 Å². The maximum absolute atomic E-state index is 14.2. The highest BCUT2D eigenvalue weighted by molar-refractivity contribution is 5.88. The van der Waals surface area contributed by atoms with E-state index in [4.69, 9.17) is 5.11 Å². The zero-order chi connectivity index (χ0) is 14.8. The molecular weight excluding hydrogens is 269 g/mol. The maximum Gasteiger partial charge on any atom is 0.338 e. The topological polar surface area (TPSA) is 40.5 Å². The van der Waals surface area contributed by atoms with Gasteiger partial charge in [-0.25, -0.2) is 9.18 Å². The van der Waals surface area contributed by atoms with Crippen molar-refractivity contribution >= 4 is 5.97 Å². The zero-order valence-corrected chi connectivity index (χ0v) is 12.2. The first-order chi connectivity index (χ1) is 10.1. The predicted molar refractivity (Wildman–Crippen MR) is 78.7 cm³/mol. The number of likely N-dealkylation sites (tertiary alicyclic amines) is 1. The molecule has 1 N–H and O–H groups in total. The van der Waals surface area contributed by atoms with Crippen molar-refractivity contribution in [3.63, 3.8) is 0 Å². The van der Waals surface area contributed by atoms with Gasteiger partial charge in [0.15, 0.2) is 0 Å². The van der Waals surface area contributed by atoms with Crippen LogP contribution in [-0.2, 0) is 6.54 Å². The summed E-state index contributed by atoms with van der Waals surface area (Å²) in [5, 5.41) is 9.00. The standard InChI is InChI=1S/C17H22FNO2/c18-16-14(6-3-7-15(16)17(20)21)11-19-9-8-12-4-1-2-5-13(12)10-19/h3,6-7,12-13H,1-2,4-5,8-11H2,(H,20,21). The molecule has 1 saturated heterocycles. The minimum absolute atomic E-state index is 0.222. The third kappa shape index (κ3) is 3.10. The Labute approximate surface area is 124 Å². The summed E-state index contributed by atoms with van der Waals surface area (Å²) in [7, 11) is 0. The fourth-order valence-corrected chi connectivity index (χ4v) is 3.93. The Hall–Kier alpha value is -1.42. The van der Waals surface area contributed by atoms with Gasteiger partial charge in [0, 0.05) is 18.7 Å². The summed E-state index contributed by atoms with van der Waals surface area (Å²) in [4.78, 5) is 13.3. The van der Waals surface area contributed by atoms with Crippen LogP contribution in [-0.4, -0.2) is 29.1 Å². The van der Waals surface area contributed by atoms with E-state index in [-0.39, 0.29) is 5.56 Å². The van der Waals surface area contributed by atoms with Gasteiger partial charge in [-0.05, 0) is 37.3 Å². The van der Waals surface area contributed by atoms with E-state index in [1.54, 1.807) is 12.1 Å². The number of carboxylic acid groups (broad SMARTS) is 1. The monoisotopic (exact) mass is 291 g/mol. The van der Waals surface area contributed by atoms with Gasteiger partial charge < -0.3 is 5.11 Å². The van der Waals surface area contributed by atoms with Crippen LogP contribution in [0.25, 0.3) is 0 Å². The van der Waals surface area contributed by atoms with E-state index in [0.717, 1.165) is 24.9 Å². The van der Waals surface area contributed by atoms with Gasteiger partial charge in [-0.3, -0.25) is 4.90 Å². The smallest absolute Gasteiger partial charge is 0.338 e. The van der Waals surface area contributed by atoms with Crippen LogP contribution in [0.15, 0.2) is 18.2 Å². The maximum atomic E-state index is 14.2. The second-order valence-corrected chi connectivity index (χ2v) is 6.41. The number of rotatable bonds is 3. The first-order valence-electron chi connectivity index (χ1n) is 7.88. The van der Waals surface area contributed by atoms with Crippen LogP contribution in [0, 0.1) is 17.7 Å². The highest BCUT2D eigenvalue weighted by atomic mass is 19.1. The van der Waals surface area contributed by atoms with Crippen molar-refractivity contribution in [2.75, 3.05) is 13.1 Å². The molecule has 114 valence electrons. The van der Waals surface area contributed by atoms with E-state index in [1.807, 2.05) is 0 Å². The minimum atomic E-state index is -1.19. The van der Waals surface area contributed by atoms with Gasteiger partial charge in [0.1, 0.15) is 5.82 Å². The van der Waals surface area contributed by atoms with E-state index in [1.165, 1.54) is 38.2 Å². The second kappa shape index (κ2) is 6.14. The molecule has 1 aromatic carbocycles. The van der Waals surface area contributed by atoms with Gasteiger partial charge in [0.05, 0.1) is 5.56 Å². The number of aromatic carboxylic acids is 1. The Bertz CT molecular complexity index is 532. The molecule has 3 rings (SSSR count). The Morgan fingerprint density at radius 2 is 2.00 bits per heavy atom. The van der Waals surface area contributed by atoms with Gasteiger partial charge in [-0.2, -0.15) is 0 Å². The zero-order valence-electron chi connectivity index (χ0n) is 12.2. The van der Waals surface area contributed by atoms with Crippen LogP contribution < -0.4 is 0 Å². The molecule has 2 atom stereocenters. The van der Waals surface area contributed by atoms with E-state index in [0.29, 0.717) is 12.1 Å². The lowest BCUT2D eigenvalue weighted by molar-refractivity contribution is 0.0689. The first kappa shape index (κ1) is 14.5. The molecule has 1 heterocycles. The lowest BCUT2D eigenvalue weighted by Gasteiger charge is -2.41. The van der Waals surface area contributed by atoms with Gasteiger partial charge in [0.2, 0.25) is 0 Å². The minimum Gasteiger partial charge on any atom is -0.478 e. The van der Waals surface area contributed by atoms with Crippen molar-refractivity contribution in [3.8, 4) is 0 Å². The van der Waals surface area contributed by atoms with Gasteiger partial charge in [0.25, 0.3) is 0 Å². The van der Waals surface area contributed by atoms with Crippen molar-refractivity contribution < 1.29 is 14.3 Å². The van der Waals surface area contributed by atoms with Gasteiger partial charge in [-0.15, -0.1) is 0 Å². The van der Waals surface area contributed by atoms with Crippen molar-refractivity contribution in [2.24, 2.45) is 11.8 Å². The molecule has 3 nitrogen and oxygen atoms in total. The molecule has 2 fully saturated rings. The van der Waals surface area contributed by atoms with Gasteiger partial charge in [-0.1, -0.05) is 31.4 Å². The number of carboxylic acids is 1. The van der Waals surface area contributed by atoms with E-state index in [2.05, 4.69) is 4.90 Å². The summed E-state index contributed by atoms with van der Waals surface area (Å²) in [5.74, 6) is -0.167. The third-order valence-corrected chi connectivity index (χ3v) is 5.08. The van der Waals surface area contributed by atoms with Crippen molar-refractivity contribution in [3.05, 3.63) is 35.1 Å². The Morgan fingerprint density at radius 1 is 1.24 bits per heavy atom. The molecule has 0 radical (unpaired) electrons. The molecule has 2 aliphatic rings. The fraction of sp³-hybridized carbons (Fsp3) is 0.588. The SMILES string of the molecule is O=C(O)c1cccc(CN2CCC3CCCCC3C2)c1F. The van der Waals surface area contributed by atoms with Crippen LogP contribution in [0.5, 0.6) is 0 Å². The molecule has 2 unspecified atom stereocenters. The summed E-state index contributed by atoms with van der Waals surface area (Å²) >= 11 is 0. The Balaban J connectivity index is 1.69. The predicted octanol–water partition coefficient (Wildman–Crippen LogP) is 3.54. The normalized spacial score (nSPS) is 26.3. The number of piperidine rings is 1. The van der Waals surface area contributed by atoms with Crippen LogP contribution in [0.1, 0.15) is 48.0 Å². The molecule has 0 bridgehead atoms. The van der Waals surface area contributed by atoms with Crippen molar-refractivity contribution in [1.82, 2.24) is 4.90 Å². The molecule has 0 amide bonds. The van der Waals surface area contributed by atoms with Crippen LogP contribution in [0.2, 0.25) is 0 Å². The van der Waals surface area contributed by atoms with Crippen molar-refractivity contribution in [1.29, 1.82) is 0 Å². The number of nitrogens with zero attached hydrogens (tertiary/aromatic N) is 1. The highest BCUT2D eigenvalue weighted by Gasteiger charge is 2.31. The van der Waals surface area contributed by atoms with E-state index in [9.17, 15) is 9.18 Å². The molecule has 21 heavy (non-hydrogen) atoms. The lowest BCUT2D eigenvalue weighted by atomic mass is 9.75. The molecule has 4 heteroatoms. The Kier molecular flexibility index (Phi) is 4.24. The summed E-state index contributed by atoms with van der Waals surface area (Å²) in [6.07, 6.45) is 6.51. The molecule has 0 spiro atoms. The molecule has 0 aromatic heterocycles. The third-order valence-electron chi connectivity index (χ3n) is 5.08. The number of benzene rings is 1. The van der Waals surface area contributed by atoms with Crippen LogP contribution in [0.4, 0.5) is 4.39 Å². The number of fused-ring (bicyclic) bond motifs is 1. The quantitative estimate of drug-likeness (QED) is 0.926. The highest BCUT2D eigenvalue weighted by Crippen LogP contribution is 2.36. The van der Waals surface area contributed by atoms with E-state index < -0.39 is 11.8 Å². The number of hydrogen-bond donors (Lipinski definition) is 1. The van der Waals surface area contributed by atoms with Crippen LogP contribution >= 0.6 is 0 Å². The molecule has 1 aliphatic heterocycles. The largest absolute Gasteiger partial charge is 0.478 e. The lowest BCUT2D eigenvalue weighted by Crippen LogP contribution is -2.41. The second-order valence-electron chi connectivity index (χ2n) is 6.41. The summed E-state index contributed by atoms with van der Waals surface area (Å²) in [6.45, 7) is 2.55. The molecular formula is C17H22FNO2. The summed E-state index contributed by atoms with van der Waals surface area (Å²) in [6, 6.07) is 4.67. The molecule has 1 saturated carbocycles. The summed E-state index contributed by atoms with van der Waals surface area (Å²) in [5.41, 5.74) is 0.282. The molecule has 1 aliphatic carbocycles. The number of halogens is 1. The van der Waals surface area contributed by atoms with Gasteiger partial charge >= 0.3 is 5.97 Å². The van der Waals surface area contributed by atoms with Crippen LogP contribution in [0.3, 0.4) is 0 Å². The first-order valence-corrected chi connectivity index (χ1v) is 7.88. The average molecular weight is 291 g/mol. The number of hydrogen-bond acceptors (Lipinski definition) is 2. The fourth-order valence-electron chi connectivity index (χ4n) is 3.93. The number of carbonyl (C=O) groups is 1. The molecule has 1 aromatic rings. The van der Waals surface area contributed by atoms with Crippen molar-refractivity contribution in [2.45, 2.75) is 38.6 Å². The Morgan fingerprint density at radius 3 is 2.76 bits per heavy atom. The average Bonchev–Trinajstić information content (AvgIpc) is 2.49.